The molecule has 1 N–H and O–H groups in total. The van der Waals surface area contributed by atoms with Gasteiger partial charge in [0.15, 0.2) is 0 Å². The fourth-order valence-corrected chi connectivity index (χ4v) is 4.17. The van der Waals surface area contributed by atoms with Gasteiger partial charge in [-0.2, -0.15) is 0 Å². The SMILES string of the molecule is Cc1ccc(Cl)cc1-c1cnc(NC(=O)c2ccccc2F)[se]1. The van der Waals surface area contributed by atoms with Gasteiger partial charge in [0.2, 0.25) is 0 Å². The second-order valence-corrected chi connectivity index (χ2v) is 7.52. The van der Waals surface area contributed by atoms with Crippen molar-refractivity contribution in [3.8, 4) is 10.0 Å². The summed E-state index contributed by atoms with van der Waals surface area (Å²) in [6.45, 7) is 2.00. The third-order valence-corrected chi connectivity index (χ3v) is 5.53. The summed E-state index contributed by atoms with van der Waals surface area (Å²) in [5.74, 6) is -1.03. The molecule has 1 aromatic heterocycles. The Morgan fingerprint density at radius 2 is 2.04 bits per heavy atom. The Morgan fingerprint density at radius 1 is 1.26 bits per heavy atom. The van der Waals surface area contributed by atoms with Gasteiger partial charge in [0.05, 0.1) is 0 Å². The van der Waals surface area contributed by atoms with E-state index in [9.17, 15) is 9.18 Å². The monoisotopic (exact) mass is 394 g/mol. The first-order valence-corrected chi connectivity index (χ1v) is 8.92. The Hall–Kier alpha value is -1.94. The Morgan fingerprint density at radius 3 is 2.83 bits per heavy atom. The van der Waals surface area contributed by atoms with Crippen LogP contribution in [0.4, 0.5) is 9.08 Å². The molecule has 1 heterocycles. The summed E-state index contributed by atoms with van der Waals surface area (Å²) in [7, 11) is 0. The van der Waals surface area contributed by atoms with Crippen molar-refractivity contribution in [2.45, 2.75) is 6.92 Å². The van der Waals surface area contributed by atoms with E-state index in [1.165, 1.54) is 12.1 Å². The van der Waals surface area contributed by atoms with E-state index in [1.54, 1.807) is 18.3 Å². The zero-order chi connectivity index (χ0) is 16.4. The average Bonchev–Trinajstić information content (AvgIpc) is 2.98. The molecule has 0 unspecified atom stereocenters. The topological polar surface area (TPSA) is 42.0 Å². The first-order valence-electron chi connectivity index (χ1n) is 6.83. The molecule has 0 aliphatic carbocycles. The van der Waals surface area contributed by atoms with E-state index in [0.717, 1.165) is 15.6 Å². The van der Waals surface area contributed by atoms with E-state index < -0.39 is 11.7 Å². The van der Waals surface area contributed by atoms with Gasteiger partial charge in [0.25, 0.3) is 0 Å². The summed E-state index contributed by atoms with van der Waals surface area (Å²) in [5.41, 5.74) is 2.13. The summed E-state index contributed by atoms with van der Waals surface area (Å²) in [6.07, 6.45) is 1.73. The summed E-state index contributed by atoms with van der Waals surface area (Å²) in [6, 6.07) is 11.6. The van der Waals surface area contributed by atoms with E-state index in [0.29, 0.717) is 9.71 Å². The van der Waals surface area contributed by atoms with Crippen LogP contribution in [0, 0.1) is 12.7 Å². The van der Waals surface area contributed by atoms with E-state index >= 15 is 0 Å². The zero-order valence-corrected chi connectivity index (χ0v) is 14.6. The molecule has 0 saturated heterocycles. The molecule has 0 fully saturated rings. The van der Waals surface area contributed by atoms with Crippen LogP contribution >= 0.6 is 11.6 Å². The Labute approximate surface area is 143 Å². The molecular formula is C17H12ClFN2OSe. The minimum atomic E-state index is -0.546. The Kier molecular flexibility index (Phi) is 4.62. The predicted molar refractivity (Wildman–Crippen MR) is 90.7 cm³/mol. The molecule has 0 atom stereocenters. The Bertz CT molecular complexity index is 879. The van der Waals surface area contributed by atoms with Gasteiger partial charge in [0, 0.05) is 0 Å². The summed E-state index contributed by atoms with van der Waals surface area (Å²) >= 11 is 5.89. The second-order valence-electron chi connectivity index (χ2n) is 4.92. The number of aromatic nitrogens is 1. The van der Waals surface area contributed by atoms with Crippen LogP contribution in [-0.4, -0.2) is 25.4 Å². The molecule has 0 bridgehead atoms. The summed E-state index contributed by atoms with van der Waals surface area (Å²) in [5, 5.41) is 3.34. The third kappa shape index (κ3) is 3.53. The first-order chi connectivity index (χ1) is 11.0. The molecule has 3 nitrogen and oxygen atoms in total. The van der Waals surface area contributed by atoms with Gasteiger partial charge in [-0.1, -0.05) is 0 Å². The molecule has 3 aromatic rings. The van der Waals surface area contributed by atoms with Crippen LogP contribution in [0.2, 0.25) is 5.02 Å². The molecule has 0 spiro atoms. The molecule has 23 heavy (non-hydrogen) atoms. The fourth-order valence-electron chi connectivity index (χ4n) is 2.13. The molecule has 6 heteroatoms. The van der Waals surface area contributed by atoms with Crippen molar-refractivity contribution in [1.29, 1.82) is 0 Å². The molecule has 0 radical (unpaired) electrons. The van der Waals surface area contributed by atoms with Gasteiger partial charge in [-0.3, -0.25) is 0 Å². The quantitative estimate of drug-likeness (QED) is 0.679. The van der Waals surface area contributed by atoms with E-state index in [-0.39, 0.29) is 20.1 Å². The normalized spacial score (nSPS) is 10.6. The number of amides is 1. The minimum absolute atomic E-state index is 0.0124. The van der Waals surface area contributed by atoms with Gasteiger partial charge >= 0.3 is 144 Å². The van der Waals surface area contributed by atoms with Crippen molar-refractivity contribution in [2.75, 3.05) is 5.32 Å². The van der Waals surface area contributed by atoms with Crippen LogP contribution in [0.15, 0.2) is 48.7 Å². The van der Waals surface area contributed by atoms with E-state index in [1.807, 2.05) is 25.1 Å². The number of benzene rings is 2. The van der Waals surface area contributed by atoms with Crippen LogP contribution < -0.4 is 5.32 Å². The van der Waals surface area contributed by atoms with Gasteiger partial charge in [-0.15, -0.1) is 0 Å². The van der Waals surface area contributed by atoms with Crippen LogP contribution in [0.25, 0.3) is 10.0 Å². The number of carbonyl (C=O) groups excluding carboxylic acids is 1. The predicted octanol–water partition coefficient (Wildman–Crippen LogP) is 4.16. The maximum atomic E-state index is 13.6. The first kappa shape index (κ1) is 15.9. The fraction of sp³-hybridized carbons (Fsp3) is 0.0588. The van der Waals surface area contributed by atoms with Gasteiger partial charge in [-0.25, -0.2) is 0 Å². The van der Waals surface area contributed by atoms with Gasteiger partial charge in [0.1, 0.15) is 0 Å². The Balaban J connectivity index is 1.84. The molecule has 3 rings (SSSR count). The van der Waals surface area contributed by atoms with Crippen LogP contribution in [0.3, 0.4) is 0 Å². The van der Waals surface area contributed by atoms with Crippen LogP contribution in [0.5, 0.6) is 0 Å². The number of hydrogen-bond acceptors (Lipinski definition) is 2. The number of rotatable bonds is 3. The van der Waals surface area contributed by atoms with Gasteiger partial charge in [-0.05, 0) is 0 Å². The summed E-state index contributed by atoms with van der Waals surface area (Å²) in [4.78, 5) is 16.4. The van der Waals surface area contributed by atoms with Crippen molar-refractivity contribution in [1.82, 2.24) is 4.98 Å². The second kappa shape index (κ2) is 6.67. The molecule has 0 aliphatic rings. The van der Waals surface area contributed by atoms with Crippen LogP contribution in [-0.2, 0) is 0 Å². The number of halogens is 2. The molecule has 0 aliphatic heterocycles. The number of hydrogen-bond donors (Lipinski definition) is 1. The standard InChI is InChI=1S/C17H12ClFN2OSe/c1-10-6-7-11(18)8-13(10)15-9-20-17(23-15)21-16(22)12-4-2-3-5-14(12)19/h2-9H,1H3,(H,20,21,22). The van der Waals surface area contributed by atoms with Crippen molar-refractivity contribution in [3.05, 3.63) is 70.6 Å². The average molecular weight is 394 g/mol. The van der Waals surface area contributed by atoms with Gasteiger partial charge < -0.3 is 0 Å². The molecule has 0 saturated carbocycles. The molecular weight excluding hydrogens is 382 g/mol. The number of aryl methyl sites for hydroxylation is 1. The molecule has 116 valence electrons. The van der Waals surface area contributed by atoms with Crippen LogP contribution in [0.1, 0.15) is 15.9 Å². The zero-order valence-electron chi connectivity index (χ0n) is 12.1. The van der Waals surface area contributed by atoms with Crippen molar-refractivity contribution in [2.24, 2.45) is 0 Å². The van der Waals surface area contributed by atoms with Crippen molar-refractivity contribution in [3.63, 3.8) is 0 Å². The number of nitrogens with one attached hydrogen (secondary N) is 1. The summed E-state index contributed by atoms with van der Waals surface area (Å²) < 4.78 is 15.2. The van der Waals surface area contributed by atoms with E-state index in [4.69, 9.17) is 11.6 Å². The van der Waals surface area contributed by atoms with E-state index in [2.05, 4.69) is 10.3 Å². The molecule has 2 aromatic carbocycles. The number of nitrogens with zero attached hydrogens (tertiary/aromatic N) is 1. The van der Waals surface area contributed by atoms with Crippen molar-refractivity contribution >= 4 is 36.7 Å². The number of carbonyl (C=O) groups is 1. The number of anilines is 1. The maximum absolute atomic E-state index is 13.6. The van der Waals surface area contributed by atoms with Crippen molar-refractivity contribution < 1.29 is 9.18 Å². The molecule has 1 amide bonds. The third-order valence-electron chi connectivity index (χ3n) is 3.31.